The standard InChI is InChI=1S/C17H23S/c1-16(2)10-11-17(3,4)14-18(13-16)12-15-8-6-5-7-9-15/h5-9H,12-14H2,1-4H3/q+1. The van der Waals surface area contributed by atoms with Crippen LogP contribution < -0.4 is 0 Å². The van der Waals surface area contributed by atoms with Gasteiger partial charge in [-0.1, -0.05) is 42.2 Å². The topological polar surface area (TPSA) is 0 Å². The van der Waals surface area contributed by atoms with E-state index in [2.05, 4.69) is 69.9 Å². The molecule has 0 bridgehead atoms. The van der Waals surface area contributed by atoms with E-state index in [1.54, 1.807) is 0 Å². The van der Waals surface area contributed by atoms with Gasteiger partial charge in [-0.25, -0.2) is 0 Å². The van der Waals surface area contributed by atoms with E-state index in [0.717, 1.165) is 0 Å². The molecule has 0 saturated heterocycles. The zero-order chi connectivity index (χ0) is 13.2. The van der Waals surface area contributed by atoms with Gasteiger partial charge in [0.1, 0.15) is 17.3 Å². The van der Waals surface area contributed by atoms with Crippen molar-refractivity contribution in [2.24, 2.45) is 10.8 Å². The van der Waals surface area contributed by atoms with Crippen molar-refractivity contribution in [1.82, 2.24) is 0 Å². The van der Waals surface area contributed by atoms with Crippen LogP contribution >= 0.6 is 0 Å². The summed E-state index contributed by atoms with van der Waals surface area (Å²) in [5.41, 5.74) is 1.81. The van der Waals surface area contributed by atoms with E-state index < -0.39 is 0 Å². The number of hydrogen-bond acceptors (Lipinski definition) is 0. The van der Waals surface area contributed by atoms with E-state index in [9.17, 15) is 0 Å². The second-order valence-corrected chi connectivity index (χ2v) is 8.64. The van der Waals surface area contributed by atoms with E-state index in [4.69, 9.17) is 0 Å². The molecule has 1 aromatic carbocycles. The summed E-state index contributed by atoms with van der Waals surface area (Å²) >= 11 is 0. The fraction of sp³-hybridized carbons (Fsp3) is 0.529. The Morgan fingerprint density at radius 2 is 1.44 bits per heavy atom. The lowest BCUT2D eigenvalue weighted by Gasteiger charge is -2.19. The molecule has 96 valence electrons. The molecular formula is C17H23S+. The SMILES string of the molecule is CC1(C)C#CC(C)(C)C[S+](Cc2ccccc2)C1. The lowest BCUT2D eigenvalue weighted by atomic mass is 9.92. The molecule has 0 N–H and O–H groups in total. The molecule has 2 rings (SSSR count). The summed E-state index contributed by atoms with van der Waals surface area (Å²) in [6, 6.07) is 10.9. The molecular weight excluding hydrogens is 236 g/mol. The summed E-state index contributed by atoms with van der Waals surface area (Å²) in [5.74, 6) is 10.6. The van der Waals surface area contributed by atoms with Gasteiger partial charge >= 0.3 is 0 Å². The first-order valence-corrected chi connectivity index (χ1v) is 8.32. The van der Waals surface area contributed by atoms with E-state index in [1.807, 2.05) is 0 Å². The Morgan fingerprint density at radius 3 is 1.94 bits per heavy atom. The van der Waals surface area contributed by atoms with Crippen LogP contribution in [0.15, 0.2) is 30.3 Å². The van der Waals surface area contributed by atoms with Crippen LogP contribution in [0.2, 0.25) is 0 Å². The average Bonchev–Trinajstić information content (AvgIpc) is 2.36. The van der Waals surface area contributed by atoms with Crippen LogP contribution in [0.1, 0.15) is 33.3 Å². The maximum absolute atomic E-state index is 3.48. The zero-order valence-corrected chi connectivity index (χ0v) is 12.7. The van der Waals surface area contributed by atoms with Crippen LogP contribution in [0.5, 0.6) is 0 Å². The van der Waals surface area contributed by atoms with Crippen LogP contribution in [0.4, 0.5) is 0 Å². The molecule has 0 atom stereocenters. The van der Waals surface area contributed by atoms with Gasteiger partial charge in [0.2, 0.25) is 0 Å². The van der Waals surface area contributed by atoms with Crippen LogP contribution in [-0.4, -0.2) is 11.5 Å². The Labute approximate surface area is 115 Å². The van der Waals surface area contributed by atoms with Gasteiger partial charge in [0.15, 0.2) is 0 Å². The van der Waals surface area contributed by atoms with Crippen molar-refractivity contribution in [1.29, 1.82) is 0 Å². The first-order chi connectivity index (χ1) is 8.36. The van der Waals surface area contributed by atoms with Crippen molar-refractivity contribution in [2.75, 3.05) is 11.5 Å². The van der Waals surface area contributed by atoms with E-state index >= 15 is 0 Å². The summed E-state index contributed by atoms with van der Waals surface area (Å²) in [5, 5.41) is 0. The van der Waals surface area contributed by atoms with E-state index in [1.165, 1.54) is 22.8 Å². The second-order valence-electron chi connectivity index (χ2n) is 6.55. The molecule has 0 aromatic heterocycles. The lowest BCUT2D eigenvalue weighted by molar-refractivity contribution is 0.574. The normalized spacial score (nSPS) is 21.8. The molecule has 0 radical (unpaired) electrons. The molecule has 0 spiro atoms. The predicted octanol–water partition coefficient (Wildman–Crippen LogP) is 3.87. The molecule has 18 heavy (non-hydrogen) atoms. The minimum absolute atomic E-state index is 0.172. The molecule has 1 heterocycles. The number of rotatable bonds is 2. The Bertz CT molecular complexity index is 437. The molecule has 1 heteroatoms. The van der Waals surface area contributed by atoms with Gasteiger partial charge < -0.3 is 0 Å². The van der Waals surface area contributed by atoms with Gasteiger partial charge in [-0.15, -0.1) is 0 Å². The molecule has 0 unspecified atom stereocenters. The van der Waals surface area contributed by atoms with Gasteiger partial charge in [0, 0.05) is 5.56 Å². The first-order valence-electron chi connectivity index (χ1n) is 6.59. The van der Waals surface area contributed by atoms with Crippen LogP contribution in [0.3, 0.4) is 0 Å². The summed E-state index contributed by atoms with van der Waals surface area (Å²) < 4.78 is 0. The third-order valence-electron chi connectivity index (χ3n) is 3.08. The van der Waals surface area contributed by atoms with E-state index in [-0.39, 0.29) is 10.8 Å². The molecule has 0 aliphatic carbocycles. The maximum atomic E-state index is 3.48. The fourth-order valence-corrected chi connectivity index (χ4v) is 5.55. The van der Waals surface area contributed by atoms with Gasteiger partial charge in [-0.3, -0.25) is 0 Å². The molecule has 0 saturated carbocycles. The van der Waals surface area contributed by atoms with Crippen molar-refractivity contribution in [3.05, 3.63) is 35.9 Å². The molecule has 0 nitrogen and oxygen atoms in total. The quantitative estimate of drug-likeness (QED) is 0.558. The third kappa shape index (κ3) is 3.82. The van der Waals surface area contributed by atoms with Crippen molar-refractivity contribution in [2.45, 2.75) is 33.4 Å². The third-order valence-corrected chi connectivity index (χ3v) is 6.08. The van der Waals surface area contributed by atoms with Crippen molar-refractivity contribution < 1.29 is 0 Å². The van der Waals surface area contributed by atoms with Crippen molar-refractivity contribution in [3.8, 4) is 11.8 Å². The number of benzene rings is 1. The fourth-order valence-electron chi connectivity index (χ4n) is 2.39. The van der Waals surface area contributed by atoms with Gasteiger partial charge in [-0.2, -0.15) is 0 Å². The van der Waals surface area contributed by atoms with E-state index in [0.29, 0.717) is 10.9 Å². The Morgan fingerprint density at radius 1 is 0.944 bits per heavy atom. The highest BCUT2D eigenvalue weighted by atomic mass is 32.2. The van der Waals surface area contributed by atoms with Crippen LogP contribution in [0, 0.1) is 22.7 Å². The summed E-state index contributed by atoms with van der Waals surface area (Å²) in [7, 11) is 0.423. The lowest BCUT2D eigenvalue weighted by Crippen LogP contribution is -2.28. The zero-order valence-electron chi connectivity index (χ0n) is 11.9. The van der Waals surface area contributed by atoms with Crippen molar-refractivity contribution >= 4 is 10.9 Å². The van der Waals surface area contributed by atoms with Gasteiger partial charge in [0.05, 0.1) is 10.8 Å². The summed E-state index contributed by atoms with van der Waals surface area (Å²) in [6.45, 7) is 9.14. The number of hydrogen-bond donors (Lipinski definition) is 0. The van der Waals surface area contributed by atoms with Crippen LogP contribution in [0.25, 0.3) is 0 Å². The first kappa shape index (κ1) is 13.6. The van der Waals surface area contributed by atoms with Crippen LogP contribution in [-0.2, 0) is 16.6 Å². The van der Waals surface area contributed by atoms with Gasteiger partial charge in [-0.05, 0) is 38.6 Å². The Kier molecular flexibility index (Phi) is 3.78. The minimum Gasteiger partial charge on any atom is -0.0914 e. The average molecular weight is 259 g/mol. The van der Waals surface area contributed by atoms with Crippen molar-refractivity contribution in [3.63, 3.8) is 0 Å². The molecule has 1 aliphatic heterocycles. The molecule has 0 amide bonds. The molecule has 0 fully saturated rings. The largest absolute Gasteiger partial charge is 0.133 e. The second kappa shape index (κ2) is 5.02. The predicted molar refractivity (Wildman–Crippen MR) is 82.6 cm³/mol. The molecule has 1 aliphatic rings. The Balaban J connectivity index is 2.14. The molecule has 1 aromatic rings. The van der Waals surface area contributed by atoms with Gasteiger partial charge in [0.25, 0.3) is 0 Å². The maximum Gasteiger partial charge on any atom is 0.133 e. The smallest absolute Gasteiger partial charge is 0.0914 e. The monoisotopic (exact) mass is 259 g/mol. The highest BCUT2D eigenvalue weighted by Gasteiger charge is 2.37. The minimum atomic E-state index is 0.172. The Hall–Kier alpha value is -0.870. The highest BCUT2D eigenvalue weighted by Crippen LogP contribution is 2.30. The highest BCUT2D eigenvalue weighted by molar-refractivity contribution is 7.96. The summed E-state index contributed by atoms with van der Waals surface area (Å²) in [4.78, 5) is 0. The summed E-state index contributed by atoms with van der Waals surface area (Å²) in [6.07, 6.45) is 0.